The molecular formula is C17H18N2O4S2. The van der Waals surface area contributed by atoms with Crippen molar-refractivity contribution in [3.8, 4) is 5.88 Å². The van der Waals surface area contributed by atoms with Crippen molar-refractivity contribution in [2.24, 2.45) is 0 Å². The van der Waals surface area contributed by atoms with Gasteiger partial charge in [0.05, 0.1) is 4.90 Å². The maximum atomic E-state index is 12.4. The quantitative estimate of drug-likeness (QED) is 0.861. The van der Waals surface area contributed by atoms with Crippen LogP contribution in [0.3, 0.4) is 0 Å². The molecule has 1 amide bonds. The fourth-order valence-electron chi connectivity index (χ4n) is 2.38. The van der Waals surface area contributed by atoms with Gasteiger partial charge >= 0.3 is 0 Å². The lowest BCUT2D eigenvalue weighted by molar-refractivity contribution is 0.102. The average Bonchev–Trinajstić information content (AvgIpc) is 3.08. The lowest BCUT2D eigenvalue weighted by Crippen LogP contribution is -2.17. The number of carbonyl (C=O) groups is 1. The molecule has 3 rings (SSSR count). The number of hydrogen-bond acceptors (Lipinski definition) is 6. The minimum atomic E-state index is -3.26. The van der Waals surface area contributed by atoms with Gasteiger partial charge in [-0.25, -0.2) is 13.4 Å². The molecule has 8 heteroatoms. The first-order chi connectivity index (χ1) is 11.9. The lowest BCUT2D eigenvalue weighted by Gasteiger charge is -2.12. The molecule has 1 aliphatic heterocycles. The SMILES string of the molecule is CS(=O)(=O)c1ccc(NC(=O)c2ccnc(OC3CCSC3)c2)cc1. The Morgan fingerprint density at radius 1 is 1.28 bits per heavy atom. The van der Waals surface area contributed by atoms with Gasteiger partial charge in [-0.1, -0.05) is 0 Å². The zero-order valence-corrected chi connectivity index (χ0v) is 15.3. The van der Waals surface area contributed by atoms with Gasteiger partial charge in [-0.15, -0.1) is 0 Å². The Morgan fingerprint density at radius 2 is 2.04 bits per heavy atom. The number of pyridine rings is 1. The number of nitrogens with zero attached hydrogens (tertiary/aromatic N) is 1. The number of nitrogens with one attached hydrogen (secondary N) is 1. The molecule has 0 saturated carbocycles. The monoisotopic (exact) mass is 378 g/mol. The molecule has 1 saturated heterocycles. The summed E-state index contributed by atoms with van der Waals surface area (Å²) in [6.07, 6.45) is 3.80. The predicted molar refractivity (Wildman–Crippen MR) is 98.1 cm³/mol. The zero-order valence-electron chi connectivity index (χ0n) is 13.6. The molecule has 2 aromatic rings. The van der Waals surface area contributed by atoms with Crippen molar-refractivity contribution in [2.45, 2.75) is 17.4 Å². The minimum Gasteiger partial charge on any atom is -0.473 e. The second-order valence-corrected chi connectivity index (χ2v) is 8.90. The summed E-state index contributed by atoms with van der Waals surface area (Å²) in [6, 6.07) is 9.26. The Hall–Kier alpha value is -2.06. The molecule has 6 nitrogen and oxygen atoms in total. The smallest absolute Gasteiger partial charge is 0.255 e. The Balaban J connectivity index is 1.68. The summed E-state index contributed by atoms with van der Waals surface area (Å²) in [4.78, 5) is 16.7. The second kappa shape index (κ2) is 7.45. The second-order valence-electron chi connectivity index (χ2n) is 5.74. The van der Waals surface area contributed by atoms with Crippen molar-refractivity contribution in [1.29, 1.82) is 0 Å². The first-order valence-electron chi connectivity index (χ1n) is 7.74. The van der Waals surface area contributed by atoms with Crippen molar-refractivity contribution >= 4 is 33.2 Å². The van der Waals surface area contributed by atoms with Crippen LogP contribution in [-0.2, 0) is 9.84 Å². The molecule has 1 aromatic heterocycles. The highest BCUT2D eigenvalue weighted by molar-refractivity contribution is 7.99. The maximum Gasteiger partial charge on any atom is 0.255 e. The molecule has 1 aliphatic rings. The van der Waals surface area contributed by atoms with Crippen LogP contribution in [0.4, 0.5) is 5.69 Å². The molecule has 1 aromatic carbocycles. The number of hydrogen-bond donors (Lipinski definition) is 1. The van der Waals surface area contributed by atoms with Crippen LogP contribution in [0.15, 0.2) is 47.5 Å². The summed E-state index contributed by atoms with van der Waals surface area (Å²) in [5, 5.41) is 2.74. The Labute approximate surface area is 150 Å². The van der Waals surface area contributed by atoms with E-state index < -0.39 is 9.84 Å². The highest BCUT2D eigenvalue weighted by atomic mass is 32.2. The van der Waals surface area contributed by atoms with Crippen molar-refractivity contribution < 1.29 is 17.9 Å². The van der Waals surface area contributed by atoms with Crippen molar-refractivity contribution in [3.63, 3.8) is 0 Å². The fourth-order valence-corrected chi connectivity index (χ4v) is 4.10. The summed E-state index contributed by atoms with van der Waals surface area (Å²) in [5.41, 5.74) is 0.951. The minimum absolute atomic E-state index is 0.138. The molecule has 0 bridgehead atoms. The lowest BCUT2D eigenvalue weighted by atomic mass is 10.2. The fraction of sp³-hybridized carbons (Fsp3) is 0.294. The molecule has 1 fully saturated rings. The number of carbonyl (C=O) groups excluding carboxylic acids is 1. The molecule has 1 atom stereocenters. The first-order valence-corrected chi connectivity index (χ1v) is 10.8. The van der Waals surface area contributed by atoms with Gasteiger partial charge in [0.15, 0.2) is 9.84 Å². The molecule has 1 unspecified atom stereocenters. The Morgan fingerprint density at radius 3 is 2.68 bits per heavy atom. The number of thioether (sulfide) groups is 1. The van der Waals surface area contributed by atoms with Gasteiger partial charge in [0.2, 0.25) is 5.88 Å². The number of amides is 1. The summed E-state index contributed by atoms with van der Waals surface area (Å²) >= 11 is 1.84. The number of sulfone groups is 1. The average molecular weight is 378 g/mol. The van der Waals surface area contributed by atoms with Crippen LogP contribution in [0.1, 0.15) is 16.8 Å². The summed E-state index contributed by atoms with van der Waals surface area (Å²) in [7, 11) is -3.26. The molecule has 0 aliphatic carbocycles. The third kappa shape index (κ3) is 4.73. The summed E-state index contributed by atoms with van der Waals surface area (Å²) in [6.45, 7) is 0. The maximum absolute atomic E-state index is 12.4. The highest BCUT2D eigenvalue weighted by Gasteiger charge is 2.18. The van der Waals surface area contributed by atoms with Crippen molar-refractivity contribution in [3.05, 3.63) is 48.2 Å². The summed E-state index contributed by atoms with van der Waals surface area (Å²) < 4.78 is 28.7. The van der Waals surface area contributed by atoms with E-state index in [1.165, 1.54) is 12.1 Å². The summed E-state index contributed by atoms with van der Waals surface area (Å²) in [5.74, 6) is 2.15. The molecule has 1 N–H and O–H groups in total. The van der Waals surface area contributed by atoms with E-state index in [0.717, 1.165) is 24.2 Å². The molecule has 25 heavy (non-hydrogen) atoms. The Bertz CT molecular complexity index is 860. The van der Waals surface area contributed by atoms with Crippen LogP contribution in [0.25, 0.3) is 0 Å². The van der Waals surface area contributed by atoms with Gasteiger partial charge in [-0.3, -0.25) is 4.79 Å². The van der Waals surface area contributed by atoms with Gasteiger partial charge < -0.3 is 10.1 Å². The number of aromatic nitrogens is 1. The standard InChI is InChI=1S/C17H18N2O4S2/c1-25(21,22)15-4-2-13(3-5-15)19-17(20)12-6-8-18-16(10-12)23-14-7-9-24-11-14/h2-6,8,10,14H,7,9,11H2,1H3,(H,19,20). The third-order valence-corrected chi connectivity index (χ3v) is 5.97. The van der Waals surface area contributed by atoms with E-state index in [1.807, 2.05) is 11.8 Å². The van der Waals surface area contributed by atoms with E-state index in [4.69, 9.17) is 4.74 Å². The van der Waals surface area contributed by atoms with Crippen LogP contribution in [0.2, 0.25) is 0 Å². The number of benzene rings is 1. The number of anilines is 1. The largest absolute Gasteiger partial charge is 0.473 e. The van der Waals surface area contributed by atoms with Crippen LogP contribution < -0.4 is 10.1 Å². The van der Waals surface area contributed by atoms with E-state index in [2.05, 4.69) is 10.3 Å². The zero-order chi connectivity index (χ0) is 17.9. The molecule has 2 heterocycles. The van der Waals surface area contributed by atoms with Gasteiger partial charge in [-0.2, -0.15) is 11.8 Å². The molecule has 0 radical (unpaired) electrons. The molecular weight excluding hydrogens is 360 g/mol. The third-order valence-electron chi connectivity index (χ3n) is 3.71. The van der Waals surface area contributed by atoms with Crippen LogP contribution in [0.5, 0.6) is 5.88 Å². The predicted octanol–water partition coefficient (Wildman–Crippen LogP) is 2.62. The van der Waals surface area contributed by atoms with E-state index in [-0.39, 0.29) is 16.9 Å². The highest BCUT2D eigenvalue weighted by Crippen LogP contribution is 2.22. The van der Waals surface area contributed by atoms with E-state index in [9.17, 15) is 13.2 Å². The van der Waals surface area contributed by atoms with Gasteiger partial charge in [0, 0.05) is 35.5 Å². The van der Waals surface area contributed by atoms with Gasteiger partial charge in [-0.05, 0) is 42.5 Å². The molecule has 0 spiro atoms. The first kappa shape index (κ1) is 17.8. The van der Waals surface area contributed by atoms with Crippen LogP contribution in [-0.4, -0.2) is 43.2 Å². The van der Waals surface area contributed by atoms with Crippen LogP contribution >= 0.6 is 11.8 Å². The van der Waals surface area contributed by atoms with E-state index >= 15 is 0 Å². The van der Waals surface area contributed by atoms with Gasteiger partial charge in [0.1, 0.15) is 6.10 Å². The van der Waals surface area contributed by atoms with Crippen LogP contribution in [0, 0.1) is 0 Å². The molecule has 132 valence electrons. The Kier molecular flexibility index (Phi) is 5.29. The van der Waals surface area contributed by atoms with E-state index in [0.29, 0.717) is 17.1 Å². The van der Waals surface area contributed by atoms with Crippen molar-refractivity contribution in [1.82, 2.24) is 4.98 Å². The van der Waals surface area contributed by atoms with Gasteiger partial charge in [0.25, 0.3) is 5.91 Å². The topological polar surface area (TPSA) is 85.4 Å². The number of rotatable bonds is 5. The van der Waals surface area contributed by atoms with E-state index in [1.54, 1.807) is 30.5 Å². The normalized spacial score (nSPS) is 17.2. The number of ether oxygens (including phenoxy) is 1. The van der Waals surface area contributed by atoms with Crippen molar-refractivity contribution in [2.75, 3.05) is 23.1 Å².